The van der Waals surface area contributed by atoms with Crippen LogP contribution in [0.4, 0.5) is 34.1 Å². The molecule has 9 aromatic carbocycles. The van der Waals surface area contributed by atoms with Crippen LogP contribution < -0.4 is 9.80 Å². The van der Waals surface area contributed by atoms with Gasteiger partial charge in [0.05, 0.1) is 0 Å². The summed E-state index contributed by atoms with van der Waals surface area (Å²) in [6.45, 7) is 13.6. The van der Waals surface area contributed by atoms with Gasteiger partial charge in [-0.25, -0.2) is 0 Å². The van der Waals surface area contributed by atoms with Gasteiger partial charge in [-0.2, -0.15) is 0 Å². The average molecular weight is 735 g/mol. The maximum atomic E-state index is 2.44. The minimum absolute atomic E-state index is 0.242. The maximum absolute atomic E-state index is 2.44. The standard InChI is InChI=1S/C55H46N2/c1-35-21-23-37(3)50(31-35)56(40-15-9-7-10-16-40)42-26-29-44-39(33-42)25-28-48-52-46-20-14-13-19-45(46)49-34-43(27-30-47(49)54(52)55(5,6)53(44)48)57(41-17-11-8-12-18-41)51-32-36(2)22-24-38(51)4/h7-34H,1-6H3. The number of fused-ring (bicyclic) bond motifs is 10. The summed E-state index contributed by atoms with van der Waals surface area (Å²) in [7, 11) is 0. The molecule has 0 amide bonds. The van der Waals surface area contributed by atoms with E-state index in [0.717, 1.165) is 22.7 Å². The van der Waals surface area contributed by atoms with Crippen molar-refractivity contribution >= 4 is 66.4 Å². The fraction of sp³-hybridized carbons (Fsp3) is 0.127. The molecular weight excluding hydrogens is 689 g/mol. The van der Waals surface area contributed by atoms with Crippen molar-refractivity contribution in [1.82, 2.24) is 0 Å². The predicted molar refractivity (Wildman–Crippen MR) is 245 cm³/mol. The molecule has 10 rings (SSSR count). The van der Waals surface area contributed by atoms with Crippen molar-refractivity contribution in [2.45, 2.75) is 47.0 Å². The molecule has 1 aliphatic rings. The Kier molecular flexibility index (Phi) is 8.09. The zero-order valence-corrected chi connectivity index (χ0v) is 33.6. The van der Waals surface area contributed by atoms with Crippen LogP contribution in [0.15, 0.2) is 170 Å². The van der Waals surface area contributed by atoms with Crippen LogP contribution in [0, 0.1) is 27.7 Å². The third-order valence-electron chi connectivity index (χ3n) is 12.3. The lowest BCUT2D eigenvalue weighted by atomic mass is 9.77. The quantitative estimate of drug-likeness (QED) is 0.157. The fourth-order valence-corrected chi connectivity index (χ4v) is 9.64. The first-order chi connectivity index (χ1) is 27.7. The van der Waals surface area contributed by atoms with Gasteiger partial charge < -0.3 is 9.80 Å². The zero-order chi connectivity index (χ0) is 39.0. The van der Waals surface area contributed by atoms with Gasteiger partial charge >= 0.3 is 0 Å². The summed E-state index contributed by atoms with van der Waals surface area (Å²) in [5.41, 5.74) is 17.3. The minimum Gasteiger partial charge on any atom is -0.310 e. The first-order valence-electron chi connectivity index (χ1n) is 20.1. The number of para-hydroxylation sites is 2. The van der Waals surface area contributed by atoms with Crippen LogP contribution in [0.5, 0.6) is 0 Å². The highest BCUT2D eigenvalue weighted by Crippen LogP contribution is 2.57. The molecule has 1 aliphatic carbocycles. The Morgan fingerprint density at radius 2 is 0.895 bits per heavy atom. The van der Waals surface area contributed by atoms with Crippen molar-refractivity contribution in [2.75, 3.05) is 9.80 Å². The summed E-state index contributed by atoms with van der Waals surface area (Å²) < 4.78 is 0. The van der Waals surface area contributed by atoms with Crippen LogP contribution >= 0.6 is 0 Å². The topological polar surface area (TPSA) is 6.48 Å². The number of rotatable bonds is 6. The second kappa shape index (κ2) is 13.2. The second-order valence-corrected chi connectivity index (χ2v) is 16.5. The zero-order valence-electron chi connectivity index (χ0n) is 33.6. The van der Waals surface area contributed by atoms with Gasteiger partial charge in [0.1, 0.15) is 0 Å². The lowest BCUT2D eigenvalue weighted by Gasteiger charge is -2.29. The lowest BCUT2D eigenvalue weighted by Crippen LogP contribution is -2.17. The van der Waals surface area contributed by atoms with Crippen LogP contribution in [0.25, 0.3) is 43.4 Å². The smallest absolute Gasteiger partial charge is 0.0493 e. The lowest BCUT2D eigenvalue weighted by molar-refractivity contribution is 0.672. The summed E-state index contributed by atoms with van der Waals surface area (Å²) >= 11 is 0. The first-order valence-corrected chi connectivity index (χ1v) is 20.1. The van der Waals surface area contributed by atoms with Gasteiger partial charge in [0, 0.05) is 39.5 Å². The van der Waals surface area contributed by atoms with Gasteiger partial charge in [-0.05, 0) is 165 Å². The molecule has 0 aliphatic heterocycles. The Morgan fingerprint density at radius 3 is 1.49 bits per heavy atom. The summed E-state index contributed by atoms with van der Waals surface area (Å²) in [4.78, 5) is 4.83. The van der Waals surface area contributed by atoms with Crippen molar-refractivity contribution in [3.63, 3.8) is 0 Å². The van der Waals surface area contributed by atoms with E-state index in [9.17, 15) is 0 Å². The molecule has 0 aromatic heterocycles. The number of hydrogen-bond donors (Lipinski definition) is 0. The van der Waals surface area contributed by atoms with Gasteiger partial charge in [-0.3, -0.25) is 0 Å². The Labute approximate surface area is 336 Å². The van der Waals surface area contributed by atoms with E-state index in [4.69, 9.17) is 0 Å². The largest absolute Gasteiger partial charge is 0.310 e. The Balaban J connectivity index is 1.17. The van der Waals surface area contributed by atoms with Crippen molar-refractivity contribution in [3.05, 3.63) is 203 Å². The van der Waals surface area contributed by atoms with E-state index in [2.05, 4.69) is 221 Å². The molecule has 0 saturated heterocycles. The van der Waals surface area contributed by atoms with Gasteiger partial charge in [-0.1, -0.05) is 123 Å². The van der Waals surface area contributed by atoms with Crippen LogP contribution in [0.2, 0.25) is 0 Å². The SMILES string of the molecule is Cc1ccc(C)c(N(c2ccccc2)c2ccc3c4c(ccc3c2)-c2c(c3ccc(N(c5ccccc5)c5cc(C)ccc5C)cc3c3ccccc23)C4(C)C)c1. The van der Waals surface area contributed by atoms with E-state index in [0.29, 0.717) is 0 Å². The molecule has 0 atom stereocenters. The van der Waals surface area contributed by atoms with E-state index in [1.807, 2.05) is 0 Å². The Hall–Kier alpha value is -6.64. The normalized spacial score (nSPS) is 12.9. The molecule has 0 radical (unpaired) electrons. The Morgan fingerprint density at radius 1 is 0.368 bits per heavy atom. The number of hydrogen-bond acceptors (Lipinski definition) is 2. The number of anilines is 6. The molecule has 0 heterocycles. The van der Waals surface area contributed by atoms with Gasteiger partial charge in [0.25, 0.3) is 0 Å². The molecule has 276 valence electrons. The van der Waals surface area contributed by atoms with E-state index >= 15 is 0 Å². The van der Waals surface area contributed by atoms with E-state index in [1.54, 1.807) is 0 Å². The number of aryl methyl sites for hydroxylation is 4. The molecular formula is C55H46N2. The molecule has 0 bridgehead atoms. The molecule has 0 unspecified atom stereocenters. The van der Waals surface area contributed by atoms with Crippen LogP contribution in [0.1, 0.15) is 47.2 Å². The average Bonchev–Trinajstić information content (AvgIpc) is 3.48. The summed E-state index contributed by atoms with van der Waals surface area (Å²) in [5, 5.41) is 7.76. The molecule has 0 spiro atoms. The monoisotopic (exact) mass is 734 g/mol. The van der Waals surface area contributed by atoms with E-state index in [-0.39, 0.29) is 5.41 Å². The van der Waals surface area contributed by atoms with E-state index in [1.165, 1.54) is 88.2 Å². The minimum atomic E-state index is -0.242. The molecule has 2 heteroatoms. The highest BCUT2D eigenvalue weighted by Gasteiger charge is 2.40. The second-order valence-electron chi connectivity index (χ2n) is 16.5. The van der Waals surface area contributed by atoms with Gasteiger partial charge in [0.2, 0.25) is 0 Å². The van der Waals surface area contributed by atoms with Crippen LogP contribution in [-0.2, 0) is 5.41 Å². The maximum Gasteiger partial charge on any atom is 0.0493 e. The molecule has 0 fully saturated rings. The van der Waals surface area contributed by atoms with Crippen molar-refractivity contribution in [1.29, 1.82) is 0 Å². The van der Waals surface area contributed by atoms with E-state index < -0.39 is 0 Å². The molecule has 2 nitrogen and oxygen atoms in total. The van der Waals surface area contributed by atoms with Crippen LogP contribution in [-0.4, -0.2) is 0 Å². The molecule has 57 heavy (non-hydrogen) atoms. The van der Waals surface area contributed by atoms with Gasteiger partial charge in [0.15, 0.2) is 0 Å². The fourth-order valence-electron chi connectivity index (χ4n) is 9.64. The number of benzene rings is 9. The predicted octanol–water partition coefficient (Wildman–Crippen LogP) is 15.6. The van der Waals surface area contributed by atoms with Crippen molar-refractivity contribution in [2.24, 2.45) is 0 Å². The van der Waals surface area contributed by atoms with Crippen LogP contribution in [0.3, 0.4) is 0 Å². The molecule has 0 saturated carbocycles. The number of nitrogens with zero attached hydrogens (tertiary/aromatic N) is 2. The van der Waals surface area contributed by atoms with Crippen molar-refractivity contribution < 1.29 is 0 Å². The van der Waals surface area contributed by atoms with Crippen molar-refractivity contribution in [3.8, 4) is 11.1 Å². The third-order valence-corrected chi connectivity index (χ3v) is 12.3. The summed E-state index contributed by atoms with van der Waals surface area (Å²) in [5.74, 6) is 0. The summed E-state index contributed by atoms with van der Waals surface area (Å²) in [6.07, 6.45) is 0. The van der Waals surface area contributed by atoms with Gasteiger partial charge in [-0.15, -0.1) is 0 Å². The third kappa shape index (κ3) is 5.54. The first kappa shape index (κ1) is 34.8. The highest BCUT2D eigenvalue weighted by molar-refractivity contribution is 6.20. The Bertz CT molecular complexity index is 3030. The molecule has 9 aromatic rings. The summed E-state index contributed by atoms with van der Waals surface area (Å²) in [6, 6.07) is 63.1. The highest BCUT2D eigenvalue weighted by atomic mass is 15.1. The molecule has 0 N–H and O–H groups in total.